The summed E-state index contributed by atoms with van der Waals surface area (Å²) < 4.78 is 0. The van der Waals surface area contributed by atoms with Crippen LogP contribution < -0.4 is 10.6 Å². The molecule has 112 valence electrons. The van der Waals surface area contributed by atoms with E-state index in [9.17, 15) is 0 Å². The Bertz CT molecular complexity index is 593. The Kier molecular flexibility index (Phi) is 5.14. The molecule has 0 aliphatic carbocycles. The largest absolute Gasteiger partial charge is 0.354 e. The van der Waals surface area contributed by atoms with E-state index in [4.69, 9.17) is 0 Å². The van der Waals surface area contributed by atoms with Crippen molar-refractivity contribution < 1.29 is 0 Å². The number of nitrogens with zero attached hydrogens (tertiary/aromatic N) is 2. The van der Waals surface area contributed by atoms with E-state index < -0.39 is 0 Å². The van der Waals surface area contributed by atoms with Gasteiger partial charge in [0.25, 0.3) is 0 Å². The minimum Gasteiger partial charge on any atom is -0.354 e. The molecule has 0 fully saturated rings. The van der Waals surface area contributed by atoms with Gasteiger partial charge in [-0.25, -0.2) is 4.98 Å². The molecule has 0 amide bonds. The third-order valence-electron chi connectivity index (χ3n) is 3.32. The lowest BCUT2D eigenvalue weighted by Crippen LogP contribution is -2.11. The van der Waals surface area contributed by atoms with Gasteiger partial charge < -0.3 is 10.6 Å². The molecule has 2 N–H and O–H groups in total. The van der Waals surface area contributed by atoms with Crippen molar-refractivity contribution in [2.24, 2.45) is 5.92 Å². The molecule has 0 saturated heterocycles. The summed E-state index contributed by atoms with van der Waals surface area (Å²) in [6.45, 7) is 9.47. The van der Waals surface area contributed by atoms with Crippen LogP contribution in [-0.2, 0) is 6.42 Å². The first-order valence-electron chi connectivity index (χ1n) is 7.52. The highest BCUT2D eigenvalue weighted by Gasteiger charge is 2.06. The summed E-state index contributed by atoms with van der Waals surface area (Å²) in [4.78, 5) is 8.78. The lowest BCUT2D eigenvalue weighted by atomic mass is 10.1. The number of hydrogen-bond donors (Lipinski definition) is 2. The fourth-order valence-electron chi connectivity index (χ4n) is 2.14. The van der Waals surface area contributed by atoms with Crippen LogP contribution in [0, 0.1) is 12.8 Å². The first-order chi connectivity index (χ1) is 10.1. The van der Waals surface area contributed by atoms with E-state index in [-0.39, 0.29) is 0 Å². The van der Waals surface area contributed by atoms with E-state index in [0.717, 1.165) is 24.5 Å². The molecule has 1 aromatic carbocycles. The smallest absolute Gasteiger partial charge is 0.224 e. The maximum Gasteiger partial charge on any atom is 0.224 e. The summed E-state index contributed by atoms with van der Waals surface area (Å²) in [5, 5.41) is 6.68. The molecule has 4 nitrogen and oxygen atoms in total. The Labute approximate surface area is 127 Å². The number of nitrogens with one attached hydrogen (secondary N) is 2. The maximum absolute atomic E-state index is 4.52. The minimum absolute atomic E-state index is 0.563. The summed E-state index contributed by atoms with van der Waals surface area (Å²) in [6.07, 6.45) is 2.77. The monoisotopic (exact) mass is 284 g/mol. The van der Waals surface area contributed by atoms with Gasteiger partial charge in [-0.15, -0.1) is 0 Å². The van der Waals surface area contributed by atoms with Crippen molar-refractivity contribution in [2.45, 2.75) is 34.1 Å². The van der Waals surface area contributed by atoms with Gasteiger partial charge in [-0.1, -0.05) is 39.0 Å². The number of aromatic nitrogens is 2. The van der Waals surface area contributed by atoms with E-state index in [1.807, 2.05) is 6.07 Å². The van der Waals surface area contributed by atoms with Gasteiger partial charge in [-0.2, -0.15) is 4.98 Å². The van der Waals surface area contributed by atoms with Gasteiger partial charge >= 0.3 is 0 Å². The summed E-state index contributed by atoms with van der Waals surface area (Å²) in [5.41, 5.74) is 3.67. The average molecular weight is 284 g/mol. The number of anilines is 3. The minimum atomic E-state index is 0.563. The lowest BCUT2D eigenvalue weighted by Gasteiger charge is -2.14. The van der Waals surface area contributed by atoms with Crippen LogP contribution in [-0.4, -0.2) is 16.5 Å². The molecule has 4 heteroatoms. The van der Waals surface area contributed by atoms with Gasteiger partial charge in [0, 0.05) is 18.4 Å². The van der Waals surface area contributed by atoms with Crippen molar-refractivity contribution in [1.29, 1.82) is 0 Å². The summed E-state index contributed by atoms with van der Waals surface area (Å²) in [5.74, 6) is 2.05. The molecule has 0 radical (unpaired) electrons. The second-order valence-corrected chi connectivity index (χ2v) is 5.63. The Morgan fingerprint density at radius 3 is 2.71 bits per heavy atom. The van der Waals surface area contributed by atoms with Gasteiger partial charge in [-0.05, 0) is 36.5 Å². The topological polar surface area (TPSA) is 49.8 Å². The average Bonchev–Trinajstić information content (AvgIpc) is 2.47. The standard InChI is InChI=1S/C17H24N4/c1-5-14-8-6-7-13(4)16(14)20-15-9-10-18-17(21-15)19-11-12(2)3/h6-10,12H,5,11H2,1-4H3,(H2,18,19,20,21). The maximum atomic E-state index is 4.52. The van der Waals surface area contributed by atoms with Gasteiger partial charge in [-0.3, -0.25) is 0 Å². The van der Waals surface area contributed by atoms with Gasteiger partial charge in [0.2, 0.25) is 5.95 Å². The number of aryl methyl sites for hydroxylation is 2. The Balaban J connectivity index is 2.18. The van der Waals surface area contributed by atoms with Crippen LogP contribution in [0.1, 0.15) is 31.9 Å². The molecule has 2 rings (SSSR count). The predicted molar refractivity (Wildman–Crippen MR) is 89.2 cm³/mol. The fourth-order valence-corrected chi connectivity index (χ4v) is 2.14. The van der Waals surface area contributed by atoms with E-state index >= 15 is 0 Å². The predicted octanol–water partition coefficient (Wildman–Crippen LogP) is 4.16. The summed E-state index contributed by atoms with van der Waals surface area (Å²) in [7, 11) is 0. The molecule has 2 aromatic rings. The first kappa shape index (κ1) is 15.3. The van der Waals surface area contributed by atoms with Crippen LogP contribution in [0.3, 0.4) is 0 Å². The third kappa shape index (κ3) is 4.18. The third-order valence-corrected chi connectivity index (χ3v) is 3.32. The van der Waals surface area contributed by atoms with E-state index in [1.54, 1.807) is 6.20 Å². The number of hydrogen-bond acceptors (Lipinski definition) is 4. The van der Waals surface area contributed by atoms with E-state index in [1.165, 1.54) is 11.1 Å². The molecule has 0 bridgehead atoms. The summed E-state index contributed by atoms with van der Waals surface area (Å²) >= 11 is 0. The second-order valence-electron chi connectivity index (χ2n) is 5.63. The van der Waals surface area contributed by atoms with Gasteiger partial charge in [0.1, 0.15) is 5.82 Å². The van der Waals surface area contributed by atoms with Crippen molar-refractivity contribution in [2.75, 3.05) is 17.2 Å². The van der Waals surface area contributed by atoms with Crippen molar-refractivity contribution in [3.8, 4) is 0 Å². The Morgan fingerprint density at radius 2 is 2.00 bits per heavy atom. The van der Waals surface area contributed by atoms with Gasteiger partial charge in [0.15, 0.2) is 0 Å². The van der Waals surface area contributed by atoms with Crippen LogP contribution in [0.2, 0.25) is 0 Å². The molecule has 0 unspecified atom stereocenters. The quantitative estimate of drug-likeness (QED) is 0.836. The van der Waals surface area contributed by atoms with E-state index in [2.05, 4.69) is 66.5 Å². The van der Waals surface area contributed by atoms with Gasteiger partial charge in [0.05, 0.1) is 0 Å². The first-order valence-corrected chi connectivity index (χ1v) is 7.52. The molecule has 1 heterocycles. The highest BCUT2D eigenvalue weighted by atomic mass is 15.1. The fraction of sp³-hybridized carbons (Fsp3) is 0.412. The molecule has 0 spiro atoms. The van der Waals surface area contributed by atoms with Crippen LogP contribution in [0.4, 0.5) is 17.5 Å². The zero-order valence-corrected chi connectivity index (χ0v) is 13.3. The number of benzene rings is 1. The normalized spacial score (nSPS) is 10.7. The summed E-state index contributed by atoms with van der Waals surface area (Å²) in [6, 6.07) is 8.25. The van der Waals surface area contributed by atoms with E-state index in [0.29, 0.717) is 11.9 Å². The molecular formula is C17H24N4. The van der Waals surface area contributed by atoms with Crippen molar-refractivity contribution in [3.63, 3.8) is 0 Å². The van der Waals surface area contributed by atoms with Crippen molar-refractivity contribution in [3.05, 3.63) is 41.6 Å². The molecule has 0 atom stereocenters. The highest BCUT2D eigenvalue weighted by Crippen LogP contribution is 2.24. The molecule has 0 saturated carbocycles. The molecule has 0 aliphatic heterocycles. The van der Waals surface area contributed by atoms with Crippen LogP contribution in [0.5, 0.6) is 0 Å². The Morgan fingerprint density at radius 1 is 1.19 bits per heavy atom. The van der Waals surface area contributed by atoms with Crippen LogP contribution >= 0.6 is 0 Å². The molecule has 1 aromatic heterocycles. The van der Waals surface area contributed by atoms with Crippen LogP contribution in [0.25, 0.3) is 0 Å². The van der Waals surface area contributed by atoms with Crippen LogP contribution in [0.15, 0.2) is 30.5 Å². The Hall–Kier alpha value is -2.10. The highest BCUT2D eigenvalue weighted by molar-refractivity contribution is 5.65. The van der Waals surface area contributed by atoms with Crippen molar-refractivity contribution >= 4 is 17.5 Å². The molecule has 0 aliphatic rings. The number of para-hydroxylation sites is 1. The molecular weight excluding hydrogens is 260 g/mol. The SMILES string of the molecule is CCc1cccc(C)c1Nc1ccnc(NCC(C)C)n1. The molecule has 21 heavy (non-hydrogen) atoms. The zero-order chi connectivity index (χ0) is 15.2. The lowest BCUT2D eigenvalue weighted by molar-refractivity contribution is 0.684. The zero-order valence-electron chi connectivity index (χ0n) is 13.3. The van der Waals surface area contributed by atoms with Crippen molar-refractivity contribution in [1.82, 2.24) is 9.97 Å². The number of rotatable bonds is 6. The second kappa shape index (κ2) is 7.07.